The van der Waals surface area contributed by atoms with Gasteiger partial charge in [0.2, 0.25) is 0 Å². The molecule has 1 aromatic rings. The number of nitrogens with zero attached hydrogens (tertiary/aromatic N) is 2. The van der Waals surface area contributed by atoms with Crippen LogP contribution in [-0.4, -0.2) is 42.2 Å². The SMILES string of the molecule is CC[N+](C)([O-])/N=C(\C)c1cc(C2(C(=O)OC)CC2)ccc1O. The molecule has 1 atom stereocenters. The van der Waals surface area contributed by atoms with Crippen LogP contribution >= 0.6 is 0 Å². The number of esters is 1. The lowest BCUT2D eigenvalue weighted by Crippen LogP contribution is -2.32. The molecular weight excluding hydrogens is 284 g/mol. The van der Waals surface area contributed by atoms with Gasteiger partial charge >= 0.3 is 5.97 Å². The molecule has 1 aliphatic rings. The highest BCUT2D eigenvalue weighted by atomic mass is 16.6. The van der Waals surface area contributed by atoms with E-state index in [9.17, 15) is 15.1 Å². The van der Waals surface area contributed by atoms with E-state index in [-0.39, 0.29) is 11.7 Å². The van der Waals surface area contributed by atoms with Crippen LogP contribution in [0.25, 0.3) is 0 Å². The Hall–Kier alpha value is -1.92. The lowest BCUT2D eigenvalue weighted by molar-refractivity contribution is -0.865. The van der Waals surface area contributed by atoms with Crippen LogP contribution in [0.4, 0.5) is 0 Å². The molecule has 22 heavy (non-hydrogen) atoms. The number of benzene rings is 1. The summed E-state index contributed by atoms with van der Waals surface area (Å²) in [6, 6.07) is 4.99. The van der Waals surface area contributed by atoms with Gasteiger partial charge in [0.05, 0.1) is 26.1 Å². The van der Waals surface area contributed by atoms with Crippen LogP contribution in [0, 0.1) is 5.21 Å². The number of phenols is 1. The third-order valence-corrected chi connectivity index (χ3v) is 4.21. The second-order valence-corrected chi connectivity index (χ2v) is 5.86. The highest BCUT2D eigenvalue weighted by molar-refractivity contribution is 6.01. The van der Waals surface area contributed by atoms with Gasteiger partial charge in [0.25, 0.3) is 0 Å². The van der Waals surface area contributed by atoms with E-state index in [0.717, 1.165) is 18.4 Å². The van der Waals surface area contributed by atoms with Crippen LogP contribution in [0.1, 0.15) is 37.8 Å². The summed E-state index contributed by atoms with van der Waals surface area (Å²) < 4.78 is 4.11. The number of hydrogen-bond acceptors (Lipinski definition) is 5. The summed E-state index contributed by atoms with van der Waals surface area (Å²) in [6.45, 7) is 3.72. The maximum atomic E-state index is 12.0. The van der Waals surface area contributed by atoms with Crippen molar-refractivity contribution in [3.63, 3.8) is 0 Å². The van der Waals surface area contributed by atoms with Gasteiger partial charge < -0.3 is 15.1 Å². The second kappa shape index (κ2) is 5.70. The lowest BCUT2D eigenvalue weighted by atomic mass is 9.93. The summed E-state index contributed by atoms with van der Waals surface area (Å²) >= 11 is 0. The fraction of sp³-hybridized carbons (Fsp3) is 0.500. The van der Waals surface area contributed by atoms with Crippen LogP contribution in [0.2, 0.25) is 0 Å². The average Bonchev–Trinajstić information content (AvgIpc) is 3.28. The van der Waals surface area contributed by atoms with E-state index in [1.54, 1.807) is 26.0 Å². The molecule has 0 heterocycles. The molecule has 1 unspecified atom stereocenters. The topological polar surface area (TPSA) is 82.0 Å². The molecule has 6 nitrogen and oxygen atoms in total. The van der Waals surface area contributed by atoms with Crippen molar-refractivity contribution in [2.75, 3.05) is 20.7 Å². The van der Waals surface area contributed by atoms with Crippen LogP contribution in [0.5, 0.6) is 5.75 Å². The van der Waals surface area contributed by atoms with Gasteiger partial charge in [-0.1, -0.05) is 11.2 Å². The number of ether oxygens (including phenoxy) is 1. The van der Waals surface area contributed by atoms with E-state index in [2.05, 4.69) is 5.10 Å². The quantitative estimate of drug-likeness (QED) is 0.391. The summed E-state index contributed by atoms with van der Waals surface area (Å²) in [6.07, 6.45) is 1.45. The molecule has 0 saturated heterocycles. The molecule has 1 saturated carbocycles. The minimum atomic E-state index is -0.766. The normalized spacial score (nSPS) is 19.4. The van der Waals surface area contributed by atoms with E-state index >= 15 is 0 Å². The second-order valence-electron chi connectivity index (χ2n) is 5.86. The minimum Gasteiger partial charge on any atom is -0.605 e. The third kappa shape index (κ3) is 2.98. The molecular formula is C16H22N2O4. The Morgan fingerprint density at radius 1 is 1.50 bits per heavy atom. The van der Waals surface area contributed by atoms with Crippen molar-refractivity contribution in [3.05, 3.63) is 34.5 Å². The molecule has 1 aliphatic carbocycles. The minimum absolute atomic E-state index is 0.0433. The van der Waals surface area contributed by atoms with Crippen LogP contribution in [-0.2, 0) is 14.9 Å². The number of methoxy groups -OCH3 is 1. The number of hydroxylamine groups is 2. The lowest BCUT2D eigenvalue weighted by Gasteiger charge is -2.30. The van der Waals surface area contributed by atoms with E-state index in [0.29, 0.717) is 17.8 Å². The van der Waals surface area contributed by atoms with Gasteiger partial charge in [-0.05, 0) is 44.4 Å². The maximum absolute atomic E-state index is 12.0. The fourth-order valence-electron chi connectivity index (χ4n) is 2.50. The first-order valence-electron chi connectivity index (χ1n) is 7.31. The van der Waals surface area contributed by atoms with Gasteiger partial charge in [-0.25, -0.2) is 4.76 Å². The molecule has 0 radical (unpaired) electrons. The van der Waals surface area contributed by atoms with Gasteiger partial charge in [0.1, 0.15) is 11.5 Å². The Morgan fingerprint density at radius 2 is 2.14 bits per heavy atom. The van der Waals surface area contributed by atoms with Crippen LogP contribution in [0.3, 0.4) is 0 Å². The van der Waals surface area contributed by atoms with Crippen LogP contribution in [0.15, 0.2) is 23.3 Å². The Labute approximate surface area is 130 Å². The number of carbonyl (C=O) groups is 1. The first-order valence-corrected chi connectivity index (χ1v) is 7.31. The summed E-state index contributed by atoms with van der Waals surface area (Å²) in [5.74, 6) is -0.224. The van der Waals surface area contributed by atoms with Gasteiger partial charge in [0, 0.05) is 5.56 Å². The van der Waals surface area contributed by atoms with Gasteiger partial charge in [-0.2, -0.15) is 0 Å². The number of quaternary nitrogens is 1. The first-order chi connectivity index (χ1) is 10.3. The monoisotopic (exact) mass is 306 g/mol. The Morgan fingerprint density at radius 3 is 2.64 bits per heavy atom. The Bertz CT molecular complexity index is 619. The Balaban J connectivity index is 2.43. The highest BCUT2D eigenvalue weighted by Crippen LogP contribution is 2.49. The van der Waals surface area contributed by atoms with Crippen molar-refractivity contribution in [2.24, 2.45) is 5.10 Å². The Kier molecular flexibility index (Phi) is 4.26. The predicted octanol–water partition coefficient (Wildman–Crippen LogP) is 2.29. The third-order valence-electron chi connectivity index (χ3n) is 4.21. The zero-order chi connectivity index (χ0) is 16.5. The molecule has 2 rings (SSSR count). The predicted molar refractivity (Wildman–Crippen MR) is 83.3 cm³/mol. The molecule has 0 aliphatic heterocycles. The summed E-state index contributed by atoms with van der Waals surface area (Å²) in [7, 11) is 2.82. The molecule has 1 aromatic carbocycles. The van der Waals surface area contributed by atoms with Crippen LogP contribution < -0.4 is 0 Å². The zero-order valence-electron chi connectivity index (χ0n) is 13.4. The summed E-state index contributed by atoms with van der Waals surface area (Å²) in [4.78, 5) is 12.0. The van der Waals surface area contributed by atoms with Crippen molar-refractivity contribution in [1.29, 1.82) is 0 Å². The molecule has 0 amide bonds. The van der Waals surface area contributed by atoms with Crippen molar-refractivity contribution < 1.29 is 19.4 Å². The van der Waals surface area contributed by atoms with E-state index < -0.39 is 10.2 Å². The van der Waals surface area contributed by atoms with E-state index in [1.807, 2.05) is 0 Å². The molecule has 0 bridgehead atoms. The smallest absolute Gasteiger partial charge is 0.316 e. The van der Waals surface area contributed by atoms with Gasteiger partial charge in [-0.3, -0.25) is 4.79 Å². The molecule has 1 fully saturated rings. The van der Waals surface area contributed by atoms with Crippen molar-refractivity contribution in [3.8, 4) is 5.75 Å². The first kappa shape index (κ1) is 16.5. The molecule has 0 spiro atoms. The summed E-state index contributed by atoms with van der Waals surface area (Å²) in [5, 5.41) is 26.1. The number of hydrogen-bond donors (Lipinski definition) is 1. The number of aromatic hydroxyl groups is 1. The van der Waals surface area contributed by atoms with Gasteiger partial charge in [0.15, 0.2) is 0 Å². The molecule has 120 valence electrons. The van der Waals surface area contributed by atoms with Crippen molar-refractivity contribution >= 4 is 11.7 Å². The standard InChI is InChI=1S/C16H22N2O4/c1-5-18(3,21)17-11(2)13-10-12(6-7-14(13)19)16(8-9-16)15(20)22-4/h6-7,10,19H,5,8-9H2,1-4H3/b17-11+. The van der Waals surface area contributed by atoms with Gasteiger partial charge in [-0.15, -0.1) is 0 Å². The summed E-state index contributed by atoms with van der Waals surface area (Å²) in [5.41, 5.74) is 1.09. The van der Waals surface area contributed by atoms with Crippen molar-refractivity contribution in [1.82, 2.24) is 0 Å². The largest absolute Gasteiger partial charge is 0.605 e. The average molecular weight is 306 g/mol. The zero-order valence-corrected chi connectivity index (χ0v) is 13.4. The number of phenolic OH excluding ortho intramolecular Hbond substituents is 1. The molecule has 0 aromatic heterocycles. The molecule has 1 N–H and O–H groups in total. The van der Waals surface area contributed by atoms with Crippen molar-refractivity contribution in [2.45, 2.75) is 32.1 Å². The van der Waals surface area contributed by atoms with E-state index in [1.165, 1.54) is 20.2 Å². The maximum Gasteiger partial charge on any atom is 0.316 e. The van der Waals surface area contributed by atoms with E-state index in [4.69, 9.17) is 4.74 Å². The molecule has 6 heteroatoms. The number of carbonyl (C=O) groups excluding carboxylic acids is 1. The highest BCUT2D eigenvalue weighted by Gasteiger charge is 2.52. The fourth-order valence-corrected chi connectivity index (χ4v) is 2.50. The number of rotatable bonds is 5.